The Balaban J connectivity index is 2.76. The Labute approximate surface area is 99.2 Å². The van der Waals surface area contributed by atoms with Crippen LogP contribution in [0.4, 0.5) is 0 Å². The van der Waals surface area contributed by atoms with E-state index in [1.807, 2.05) is 27.7 Å². The van der Waals surface area contributed by atoms with Crippen molar-refractivity contribution < 1.29 is 8.42 Å². The normalized spacial score (nSPS) is 27.2. The first-order valence-corrected chi connectivity index (χ1v) is 7.49. The molecule has 1 aliphatic rings. The van der Waals surface area contributed by atoms with Gasteiger partial charge in [0.1, 0.15) is 0 Å². The minimum Gasteiger partial charge on any atom is -0.327 e. The first-order chi connectivity index (χ1) is 7.15. The lowest BCUT2D eigenvalue weighted by Gasteiger charge is -2.42. The Kier molecular flexibility index (Phi) is 4.03. The van der Waals surface area contributed by atoms with Crippen LogP contribution in [0.3, 0.4) is 0 Å². The lowest BCUT2D eigenvalue weighted by Crippen LogP contribution is -2.54. The van der Waals surface area contributed by atoms with Gasteiger partial charge in [0.2, 0.25) is 10.0 Å². The predicted octanol–water partition coefficient (Wildman–Crippen LogP) is 1.03. The highest BCUT2D eigenvalue weighted by atomic mass is 32.2. The summed E-state index contributed by atoms with van der Waals surface area (Å²) in [5.41, 5.74) is 5.88. The number of nitrogens with zero attached hydrogens (tertiary/aromatic N) is 1. The maximum Gasteiger partial charge on any atom is 0.214 e. The van der Waals surface area contributed by atoms with E-state index >= 15 is 0 Å². The minimum atomic E-state index is -3.10. The van der Waals surface area contributed by atoms with Gasteiger partial charge in [-0.1, -0.05) is 27.7 Å². The molecule has 2 N–H and O–H groups in total. The fourth-order valence-electron chi connectivity index (χ4n) is 2.09. The van der Waals surface area contributed by atoms with Gasteiger partial charge in [-0.15, -0.1) is 0 Å². The summed E-state index contributed by atoms with van der Waals surface area (Å²) in [5, 5.41) is 0. The molecule has 0 saturated carbocycles. The molecule has 0 spiro atoms. The van der Waals surface area contributed by atoms with Crippen molar-refractivity contribution in [1.82, 2.24) is 4.31 Å². The summed E-state index contributed by atoms with van der Waals surface area (Å²) in [6.45, 7) is 9.04. The van der Waals surface area contributed by atoms with Crippen LogP contribution in [0.15, 0.2) is 0 Å². The molecule has 1 aliphatic heterocycles. The third-order valence-electron chi connectivity index (χ3n) is 3.21. The maximum absolute atomic E-state index is 12.1. The first kappa shape index (κ1) is 13.9. The fourth-order valence-corrected chi connectivity index (χ4v) is 4.06. The highest BCUT2D eigenvalue weighted by molar-refractivity contribution is 7.89. The van der Waals surface area contributed by atoms with E-state index in [4.69, 9.17) is 5.73 Å². The number of piperidine rings is 1. The molecule has 0 aromatic rings. The van der Waals surface area contributed by atoms with E-state index in [2.05, 4.69) is 0 Å². The van der Waals surface area contributed by atoms with Crippen LogP contribution in [0.2, 0.25) is 0 Å². The van der Waals surface area contributed by atoms with E-state index in [-0.39, 0.29) is 23.1 Å². The zero-order valence-electron chi connectivity index (χ0n) is 10.7. The van der Waals surface area contributed by atoms with Gasteiger partial charge in [0, 0.05) is 19.1 Å². The zero-order valence-corrected chi connectivity index (χ0v) is 11.5. The number of hydrogen-bond donors (Lipinski definition) is 1. The van der Waals surface area contributed by atoms with Crippen LogP contribution in [0.25, 0.3) is 0 Å². The van der Waals surface area contributed by atoms with Crippen LogP contribution in [0.1, 0.15) is 34.1 Å². The van der Waals surface area contributed by atoms with Gasteiger partial charge < -0.3 is 5.73 Å². The minimum absolute atomic E-state index is 0.0954. The van der Waals surface area contributed by atoms with Gasteiger partial charge in [0.25, 0.3) is 0 Å². The van der Waals surface area contributed by atoms with Crippen LogP contribution >= 0.6 is 0 Å². The van der Waals surface area contributed by atoms with Crippen LogP contribution in [0, 0.1) is 11.3 Å². The van der Waals surface area contributed by atoms with Crippen molar-refractivity contribution in [3.05, 3.63) is 0 Å². The second-order valence-electron chi connectivity index (χ2n) is 5.89. The standard InChI is InChI=1S/C11H24N2O2S/c1-9(2)7-16(14,15)13-6-5-10(12)11(3,4)8-13/h9-10H,5-8,12H2,1-4H3. The van der Waals surface area contributed by atoms with Crippen molar-refractivity contribution in [2.24, 2.45) is 17.1 Å². The van der Waals surface area contributed by atoms with E-state index in [9.17, 15) is 8.42 Å². The van der Waals surface area contributed by atoms with Gasteiger partial charge in [0.15, 0.2) is 0 Å². The van der Waals surface area contributed by atoms with E-state index in [1.54, 1.807) is 4.31 Å². The molecule has 0 aliphatic carbocycles. The van der Waals surface area contributed by atoms with Crippen LogP contribution in [0.5, 0.6) is 0 Å². The molecule has 0 aromatic heterocycles. The van der Waals surface area contributed by atoms with Gasteiger partial charge in [-0.25, -0.2) is 12.7 Å². The SMILES string of the molecule is CC(C)CS(=O)(=O)N1CCC(N)C(C)(C)C1. The molecule has 16 heavy (non-hydrogen) atoms. The molecule has 5 heteroatoms. The van der Waals surface area contributed by atoms with Crippen molar-refractivity contribution in [2.75, 3.05) is 18.8 Å². The largest absolute Gasteiger partial charge is 0.327 e. The Morgan fingerprint density at radius 3 is 2.44 bits per heavy atom. The summed E-state index contributed by atoms with van der Waals surface area (Å²) in [5.74, 6) is 0.405. The van der Waals surface area contributed by atoms with E-state index in [0.717, 1.165) is 6.42 Å². The molecule has 0 aromatic carbocycles. The summed E-state index contributed by atoms with van der Waals surface area (Å²) in [6, 6.07) is 0.0954. The molecule has 4 nitrogen and oxygen atoms in total. The van der Waals surface area contributed by atoms with Gasteiger partial charge in [-0.3, -0.25) is 0 Å². The number of nitrogens with two attached hydrogens (primary N) is 1. The number of sulfonamides is 1. The lowest BCUT2D eigenvalue weighted by atomic mass is 9.81. The van der Waals surface area contributed by atoms with Gasteiger partial charge in [0.05, 0.1) is 5.75 Å². The summed E-state index contributed by atoms with van der Waals surface area (Å²) in [4.78, 5) is 0. The molecule has 1 unspecified atom stereocenters. The monoisotopic (exact) mass is 248 g/mol. The molecule has 1 heterocycles. The van der Waals surface area contributed by atoms with E-state index < -0.39 is 10.0 Å². The van der Waals surface area contributed by atoms with Crippen LogP contribution in [-0.2, 0) is 10.0 Å². The highest BCUT2D eigenvalue weighted by Gasteiger charge is 2.38. The second-order valence-corrected chi connectivity index (χ2v) is 7.90. The Morgan fingerprint density at radius 2 is 2.00 bits per heavy atom. The Hall–Kier alpha value is -0.130. The Bertz CT molecular complexity index is 336. The molecule has 1 rings (SSSR count). The van der Waals surface area contributed by atoms with Crippen molar-refractivity contribution >= 4 is 10.0 Å². The van der Waals surface area contributed by atoms with Gasteiger partial charge in [-0.2, -0.15) is 0 Å². The maximum atomic E-state index is 12.1. The average molecular weight is 248 g/mol. The molecular weight excluding hydrogens is 224 g/mol. The van der Waals surface area contributed by atoms with Gasteiger partial charge >= 0.3 is 0 Å². The first-order valence-electron chi connectivity index (χ1n) is 5.88. The van der Waals surface area contributed by atoms with Crippen LogP contribution in [-0.4, -0.2) is 37.6 Å². The molecule has 0 amide bonds. The quantitative estimate of drug-likeness (QED) is 0.811. The third kappa shape index (κ3) is 3.18. The Morgan fingerprint density at radius 1 is 1.44 bits per heavy atom. The van der Waals surface area contributed by atoms with Crippen molar-refractivity contribution in [3.8, 4) is 0 Å². The number of hydrogen-bond acceptors (Lipinski definition) is 3. The van der Waals surface area contributed by atoms with Gasteiger partial charge in [-0.05, 0) is 17.8 Å². The topological polar surface area (TPSA) is 63.4 Å². The molecule has 1 atom stereocenters. The third-order valence-corrected chi connectivity index (χ3v) is 5.40. The molecule has 0 radical (unpaired) electrons. The van der Waals surface area contributed by atoms with E-state index in [0.29, 0.717) is 13.1 Å². The highest BCUT2D eigenvalue weighted by Crippen LogP contribution is 2.29. The summed E-state index contributed by atoms with van der Waals surface area (Å²) in [7, 11) is -3.10. The molecule has 1 fully saturated rings. The lowest BCUT2D eigenvalue weighted by molar-refractivity contribution is 0.155. The predicted molar refractivity (Wildman–Crippen MR) is 66.6 cm³/mol. The number of rotatable bonds is 3. The van der Waals surface area contributed by atoms with E-state index in [1.165, 1.54) is 0 Å². The smallest absolute Gasteiger partial charge is 0.214 e. The molecule has 96 valence electrons. The summed E-state index contributed by atoms with van der Waals surface area (Å²) >= 11 is 0. The molecule has 1 saturated heterocycles. The molecule has 0 bridgehead atoms. The second kappa shape index (κ2) is 4.63. The van der Waals surface area contributed by atoms with Crippen molar-refractivity contribution in [3.63, 3.8) is 0 Å². The van der Waals surface area contributed by atoms with Crippen LogP contribution < -0.4 is 5.73 Å². The van der Waals surface area contributed by atoms with Crippen molar-refractivity contribution in [2.45, 2.75) is 40.2 Å². The zero-order chi connectivity index (χ0) is 12.6. The average Bonchev–Trinajstić information content (AvgIpc) is 2.07. The summed E-state index contributed by atoms with van der Waals surface area (Å²) in [6.07, 6.45) is 0.754. The summed E-state index contributed by atoms with van der Waals surface area (Å²) < 4.78 is 25.8. The fraction of sp³-hybridized carbons (Fsp3) is 1.00. The molecular formula is C11H24N2O2S. The van der Waals surface area contributed by atoms with Crippen molar-refractivity contribution in [1.29, 1.82) is 0 Å².